The molecule has 3 heterocycles. The van der Waals surface area contributed by atoms with Crippen molar-refractivity contribution in [2.45, 2.75) is 50.6 Å². The molecule has 0 saturated carbocycles. The van der Waals surface area contributed by atoms with Crippen molar-refractivity contribution < 1.29 is 14.3 Å². The Labute approximate surface area is 180 Å². The number of carbonyl (C=O) groups excluding carboxylic acids is 2. The number of likely N-dealkylation sites (tertiary alicyclic amines) is 1. The number of ether oxygens (including phenoxy) is 1. The molecule has 0 aliphatic carbocycles. The molecule has 6 nitrogen and oxygen atoms in total. The van der Waals surface area contributed by atoms with Crippen molar-refractivity contribution in [3.8, 4) is 5.75 Å². The Kier molecular flexibility index (Phi) is 6.32. The summed E-state index contributed by atoms with van der Waals surface area (Å²) >= 11 is 0. The molecule has 1 aromatic carbocycles. The zero-order chi connectivity index (χ0) is 21.3. The van der Waals surface area contributed by atoms with Crippen molar-refractivity contribution in [3.05, 3.63) is 29.8 Å². The van der Waals surface area contributed by atoms with Crippen LogP contribution in [0.5, 0.6) is 5.75 Å². The molecular weight excluding hydrogens is 378 g/mol. The van der Waals surface area contributed by atoms with E-state index in [2.05, 4.69) is 4.90 Å². The first-order chi connectivity index (χ1) is 14.5. The maximum absolute atomic E-state index is 13.5. The van der Waals surface area contributed by atoms with Crippen molar-refractivity contribution in [3.63, 3.8) is 0 Å². The van der Waals surface area contributed by atoms with E-state index in [9.17, 15) is 9.59 Å². The molecule has 164 valence electrons. The minimum atomic E-state index is -0.327. The van der Waals surface area contributed by atoms with E-state index in [4.69, 9.17) is 4.74 Å². The number of piperidine rings is 2. The highest BCUT2D eigenvalue weighted by Crippen LogP contribution is 2.39. The lowest BCUT2D eigenvalue weighted by Crippen LogP contribution is -2.51. The van der Waals surface area contributed by atoms with Gasteiger partial charge in [-0.25, -0.2) is 0 Å². The van der Waals surface area contributed by atoms with Crippen LogP contribution in [0.3, 0.4) is 0 Å². The predicted molar refractivity (Wildman–Crippen MR) is 116 cm³/mol. The number of carbonyl (C=O) groups is 2. The van der Waals surface area contributed by atoms with Crippen LogP contribution in [0.1, 0.15) is 50.1 Å². The number of nitrogens with zero attached hydrogens (tertiary/aromatic N) is 3. The average Bonchev–Trinajstić information content (AvgIpc) is 3.07. The Morgan fingerprint density at radius 2 is 1.87 bits per heavy atom. The van der Waals surface area contributed by atoms with Gasteiger partial charge in [0.25, 0.3) is 0 Å². The molecule has 4 atom stereocenters. The molecule has 6 heteroatoms. The summed E-state index contributed by atoms with van der Waals surface area (Å²) in [5.74, 6) is 1.13. The smallest absolute Gasteiger partial charge is 0.228 e. The van der Waals surface area contributed by atoms with E-state index in [-0.39, 0.29) is 30.2 Å². The third-order valence-electron chi connectivity index (χ3n) is 7.47. The lowest BCUT2D eigenvalue weighted by atomic mass is 9.83. The van der Waals surface area contributed by atoms with Gasteiger partial charge >= 0.3 is 0 Å². The lowest BCUT2D eigenvalue weighted by molar-refractivity contribution is -0.136. The molecule has 3 fully saturated rings. The normalized spacial score (nSPS) is 29.6. The third kappa shape index (κ3) is 4.07. The highest BCUT2D eigenvalue weighted by Gasteiger charge is 2.44. The predicted octanol–water partition coefficient (Wildman–Crippen LogP) is 2.94. The van der Waals surface area contributed by atoms with Gasteiger partial charge in [-0.3, -0.25) is 9.59 Å². The fraction of sp³-hybridized carbons (Fsp3) is 0.667. The summed E-state index contributed by atoms with van der Waals surface area (Å²) < 4.78 is 5.26. The Bertz CT molecular complexity index is 763. The van der Waals surface area contributed by atoms with Crippen LogP contribution in [0, 0.1) is 11.8 Å². The van der Waals surface area contributed by atoms with Crippen LogP contribution in [-0.4, -0.2) is 73.4 Å². The van der Waals surface area contributed by atoms with Crippen molar-refractivity contribution in [2.24, 2.45) is 11.8 Å². The molecule has 3 aliphatic heterocycles. The van der Waals surface area contributed by atoms with E-state index in [0.717, 1.165) is 17.9 Å². The minimum Gasteiger partial charge on any atom is -0.497 e. The third-order valence-corrected chi connectivity index (χ3v) is 7.47. The topological polar surface area (TPSA) is 53.1 Å². The second kappa shape index (κ2) is 8.96. The fourth-order valence-electron chi connectivity index (χ4n) is 5.86. The zero-order valence-electron chi connectivity index (χ0n) is 18.5. The summed E-state index contributed by atoms with van der Waals surface area (Å²) in [4.78, 5) is 32.3. The fourth-order valence-corrected chi connectivity index (χ4v) is 5.86. The molecule has 0 aromatic heterocycles. The minimum absolute atomic E-state index is 0.0405. The Hall–Kier alpha value is -2.08. The van der Waals surface area contributed by atoms with Gasteiger partial charge in [-0.1, -0.05) is 18.6 Å². The van der Waals surface area contributed by atoms with Crippen LogP contribution in [0.25, 0.3) is 0 Å². The van der Waals surface area contributed by atoms with Crippen molar-refractivity contribution in [1.29, 1.82) is 0 Å². The van der Waals surface area contributed by atoms with Gasteiger partial charge < -0.3 is 19.4 Å². The van der Waals surface area contributed by atoms with Gasteiger partial charge in [-0.05, 0) is 62.4 Å². The Morgan fingerprint density at radius 1 is 1.13 bits per heavy atom. The maximum atomic E-state index is 13.5. The van der Waals surface area contributed by atoms with Gasteiger partial charge in [-0.15, -0.1) is 0 Å². The summed E-state index contributed by atoms with van der Waals surface area (Å²) in [6.45, 7) is 3.21. The number of rotatable bonds is 5. The summed E-state index contributed by atoms with van der Waals surface area (Å²) in [5, 5.41) is 0. The lowest BCUT2D eigenvalue weighted by Gasteiger charge is -2.45. The first-order valence-electron chi connectivity index (χ1n) is 11.4. The molecule has 0 bridgehead atoms. The Morgan fingerprint density at radius 3 is 2.60 bits per heavy atom. The number of fused-ring (bicyclic) bond motifs is 1. The first-order valence-corrected chi connectivity index (χ1v) is 11.4. The van der Waals surface area contributed by atoms with Gasteiger partial charge in [-0.2, -0.15) is 0 Å². The molecule has 0 spiro atoms. The van der Waals surface area contributed by atoms with Crippen LogP contribution in [0.2, 0.25) is 0 Å². The molecule has 0 N–H and O–H groups in total. The summed E-state index contributed by atoms with van der Waals surface area (Å²) in [7, 11) is 5.38. The van der Waals surface area contributed by atoms with Gasteiger partial charge in [0.2, 0.25) is 11.8 Å². The van der Waals surface area contributed by atoms with Gasteiger partial charge in [0.15, 0.2) is 0 Å². The van der Waals surface area contributed by atoms with Crippen LogP contribution in [-0.2, 0) is 9.59 Å². The highest BCUT2D eigenvalue weighted by atomic mass is 16.5. The van der Waals surface area contributed by atoms with Crippen molar-refractivity contribution in [2.75, 3.05) is 40.8 Å². The molecule has 3 aliphatic rings. The second-order valence-electron chi connectivity index (χ2n) is 9.25. The second-order valence-corrected chi connectivity index (χ2v) is 9.25. The molecule has 0 radical (unpaired) electrons. The Balaban J connectivity index is 1.47. The van der Waals surface area contributed by atoms with Gasteiger partial charge in [0, 0.05) is 33.1 Å². The molecular formula is C24H35N3O3. The van der Waals surface area contributed by atoms with E-state index in [1.165, 1.54) is 45.2 Å². The highest BCUT2D eigenvalue weighted by molar-refractivity contribution is 5.90. The number of methoxy groups -OCH3 is 1. The van der Waals surface area contributed by atoms with Crippen LogP contribution in [0.4, 0.5) is 0 Å². The van der Waals surface area contributed by atoms with Crippen molar-refractivity contribution >= 4 is 11.8 Å². The quantitative estimate of drug-likeness (QED) is 0.745. The van der Waals surface area contributed by atoms with Gasteiger partial charge in [0.1, 0.15) is 5.75 Å². The van der Waals surface area contributed by atoms with E-state index in [1.807, 2.05) is 43.3 Å². The van der Waals surface area contributed by atoms with E-state index in [1.54, 1.807) is 12.0 Å². The largest absolute Gasteiger partial charge is 0.497 e. The molecule has 1 aromatic rings. The number of amides is 2. The molecule has 0 unspecified atom stereocenters. The molecule has 3 saturated heterocycles. The SMILES string of the molecule is COc1ccc([C@@H]2[C@@H](C(=O)N(C)C[C@@H]3CCCN4CCCC[C@H]34)CC(=O)N2C)cc1. The van der Waals surface area contributed by atoms with E-state index < -0.39 is 0 Å². The average molecular weight is 414 g/mol. The standard InChI is InChI=1S/C24H35N3O3/c1-25(16-18-7-6-14-27-13-5-4-8-21(18)27)24(29)20-15-22(28)26(2)23(20)17-9-11-19(30-3)12-10-17/h9-12,18,20-21,23H,4-8,13-16H2,1-3H3/t18-,20-,21+,23+/m0/s1. The summed E-state index contributed by atoms with van der Waals surface area (Å²) in [6.07, 6.45) is 6.57. The van der Waals surface area contributed by atoms with Gasteiger partial charge in [0.05, 0.1) is 19.1 Å². The van der Waals surface area contributed by atoms with Crippen LogP contribution >= 0.6 is 0 Å². The number of benzene rings is 1. The maximum Gasteiger partial charge on any atom is 0.228 e. The van der Waals surface area contributed by atoms with E-state index in [0.29, 0.717) is 12.0 Å². The van der Waals surface area contributed by atoms with Crippen molar-refractivity contribution in [1.82, 2.24) is 14.7 Å². The van der Waals surface area contributed by atoms with Crippen LogP contribution in [0.15, 0.2) is 24.3 Å². The summed E-state index contributed by atoms with van der Waals surface area (Å²) in [6, 6.07) is 8.15. The van der Waals surface area contributed by atoms with E-state index >= 15 is 0 Å². The molecule has 4 rings (SSSR count). The monoisotopic (exact) mass is 413 g/mol. The molecule has 30 heavy (non-hydrogen) atoms. The number of hydrogen-bond donors (Lipinski definition) is 0. The van der Waals surface area contributed by atoms with Crippen LogP contribution < -0.4 is 4.74 Å². The molecule has 2 amide bonds. The summed E-state index contributed by atoms with van der Waals surface area (Å²) in [5.41, 5.74) is 0.993. The zero-order valence-corrected chi connectivity index (χ0v) is 18.5. The first kappa shape index (κ1) is 21.2. The number of hydrogen-bond acceptors (Lipinski definition) is 4.